The van der Waals surface area contributed by atoms with Gasteiger partial charge in [0.15, 0.2) is 0 Å². The van der Waals surface area contributed by atoms with Gasteiger partial charge in [0.1, 0.15) is 4.90 Å². The first-order valence-corrected chi connectivity index (χ1v) is 6.90. The zero-order valence-corrected chi connectivity index (χ0v) is 10.3. The van der Waals surface area contributed by atoms with Crippen molar-refractivity contribution in [2.24, 2.45) is 5.14 Å². The summed E-state index contributed by atoms with van der Waals surface area (Å²) >= 11 is 3.19. The van der Waals surface area contributed by atoms with E-state index in [2.05, 4.69) is 21.2 Å². The summed E-state index contributed by atoms with van der Waals surface area (Å²) in [5.41, 5.74) is 0.578. The summed E-state index contributed by atoms with van der Waals surface area (Å²) in [4.78, 5) is 0.136. The lowest BCUT2D eigenvalue weighted by Crippen LogP contribution is -2.16. The third-order valence-corrected chi connectivity index (χ3v) is 4.12. The van der Waals surface area contributed by atoms with Crippen LogP contribution in [0.4, 0.5) is 5.69 Å². The first-order chi connectivity index (χ1) is 6.98. The summed E-state index contributed by atoms with van der Waals surface area (Å²) in [5, 5.41) is 8.30. The third-order valence-electron chi connectivity index (χ3n) is 2.19. The normalized spacial score (nSPS) is 16.4. The minimum atomic E-state index is -3.69. The molecule has 1 aromatic carbocycles. The number of hydrogen-bond acceptors (Lipinski definition) is 3. The molecule has 1 aliphatic carbocycles. The van der Waals surface area contributed by atoms with Crippen molar-refractivity contribution in [2.45, 2.75) is 23.8 Å². The minimum absolute atomic E-state index is 0.136. The fraction of sp³-hybridized carbons (Fsp3) is 0.333. The monoisotopic (exact) mass is 290 g/mol. The van der Waals surface area contributed by atoms with Crippen LogP contribution in [0.1, 0.15) is 12.8 Å². The maximum atomic E-state index is 11.4. The zero-order chi connectivity index (χ0) is 11.1. The number of primary sulfonamides is 1. The molecule has 0 bridgehead atoms. The van der Waals surface area contributed by atoms with Gasteiger partial charge in [-0.15, -0.1) is 0 Å². The molecule has 2 rings (SSSR count). The predicted octanol–water partition coefficient (Wildman–Crippen LogP) is 1.67. The second kappa shape index (κ2) is 3.77. The average molecular weight is 291 g/mol. The van der Waals surface area contributed by atoms with Crippen molar-refractivity contribution in [1.29, 1.82) is 0 Å². The van der Waals surface area contributed by atoms with E-state index in [1.807, 2.05) is 0 Å². The van der Waals surface area contributed by atoms with Crippen molar-refractivity contribution < 1.29 is 8.42 Å². The molecule has 82 valence electrons. The lowest BCUT2D eigenvalue weighted by atomic mass is 10.3. The van der Waals surface area contributed by atoms with Gasteiger partial charge in [0.2, 0.25) is 10.0 Å². The van der Waals surface area contributed by atoms with E-state index >= 15 is 0 Å². The second-order valence-electron chi connectivity index (χ2n) is 3.58. The Morgan fingerprint density at radius 1 is 1.40 bits per heavy atom. The number of nitrogens with two attached hydrogens (primary N) is 1. The van der Waals surface area contributed by atoms with E-state index < -0.39 is 10.0 Å². The Bertz CT molecular complexity index is 483. The van der Waals surface area contributed by atoms with Crippen LogP contribution in [-0.2, 0) is 10.0 Å². The van der Waals surface area contributed by atoms with Crippen molar-refractivity contribution in [3.8, 4) is 0 Å². The number of hydrogen-bond donors (Lipinski definition) is 2. The van der Waals surface area contributed by atoms with Gasteiger partial charge in [-0.25, -0.2) is 13.6 Å². The summed E-state index contributed by atoms with van der Waals surface area (Å²) in [6.45, 7) is 0. The van der Waals surface area contributed by atoms with Gasteiger partial charge in [-0.2, -0.15) is 0 Å². The Labute approximate surface area is 97.0 Å². The van der Waals surface area contributed by atoms with Gasteiger partial charge in [-0.3, -0.25) is 0 Å². The van der Waals surface area contributed by atoms with Crippen LogP contribution in [0.3, 0.4) is 0 Å². The van der Waals surface area contributed by atoms with Crippen molar-refractivity contribution in [1.82, 2.24) is 0 Å². The van der Waals surface area contributed by atoms with Crippen LogP contribution in [0.5, 0.6) is 0 Å². The quantitative estimate of drug-likeness (QED) is 0.889. The van der Waals surface area contributed by atoms with Gasteiger partial charge in [-0.05, 0) is 40.9 Å². The molecule has 0 aromatic heterocycles. The predicted molar refractivity (Wildman–Crippen MR) is 62.2 cm³/mol. The molecular formula is C9H11BrN2O2S. The summed E-state index contributed by atoms with van der Waals surface area (Å²) in [7, 11) is -3.69. The third kappa shape index (κ3) is 2.50. The fourth-order valence-electron chi connectivity index (χ4n) is 1.36. The van der Waals surface area contributed by atoms with E-state index in [9.17, 15) is 8.42 Å². The van der Waals surface area contributed by atoms with E-state index in [0.717, 1.165) is 12.8 Å². The molecule has 15 heavy (non-hydrogen) atoms. The first-order valence-electron chi connectivity index (χ1n) is 4.56. The molecule has 4 nitrogen and oxygen atoms in total. The molecule has 0 amide bonds. The number of benzene rings is 1. The summed E-state index contributed by atoms with van der Waals surface area (Å²) in [6, 6.07) is 5.56. The highest BCUT2D eigenvalue weighted by Crippen LogP contribution is 2.32. The van der Waals surface area contributed by atoms with Crippen molar-refractivity contribution >= 4 is 31.6 Å². The average Bonchev–Trinajstić information content (AvgIpc) is 2.85. The topological polar surface area (TPSA) is 72.2 Å². The molecule has 0 heterocycles. The van der Waals surface area contributed by atoms with Crippen LogP contribution in [0.2, 0.25) is 0 Å². The van der Waals surface area contributed by atoms with Crippen LogP contribution in [0, 0.1) is 0 Å². The molecular weight excluding hydrogens is 280 g/mol. The van der Waals surface area contributed by atoms with Gasteiger partial charge in [-0.1, -0.05) is 6.07 Å². The molecule has 0 saturated heterocycles. The maximum Gasteiger partial charge on any atom is 0.241 e. The molecule has 0 unspecified atom stereocenters. The smallest absolute Gasteiger partial charge is 0.241 e. The SMILES string of the molecule is NS(=O)(=O)c1c(Br)cccc1NC1CC1. The van der Waals surface area contributed by atoms with Gasteiger partial charge in [0.25, 0.3) is 0 Å². The largest absolute Gasteiger partial charge is 0.381 e. The summed E-state index contributed by atoms with van der Waals surface area (Å²) in [5.74, 6) is 0. The standard InChI is InChI=1S/C9H11BrN2O2S/c10-7-2-1-3-8(12-6-4-5-6)9(7)15(11,13)14/h1-3,6,12H,4-5H2,(H2,11,13,14). The Hall–Kier alpha value is -0.590. The van der Waals surface area contributed by atoms with Gasteiger partial charge in [0, 0.05) is 10.5 Å². The maximum absolute atomic E-state index is 11.4. The molecule has 1 saturated carbocycles. The summed E-state index contributed by atoms with van der Waals surface area (Å²) in [6.07, 6.45) is 2.16. The lowest BCUT2D eigenvalue weighted by Gasteiger charge is -2.11. The highest BCUT2D eigenvalue weighted by atomic mass is 79.9. The van der Waals surface area contributed by atoms with Gasteiger partial charge >= 0.3 is 0 Å². The number of halogens is 1. The molecule has 0 atom stereocenters. The number of anilines is 1. The van der Waals surface area contributed by atoms with Gasteiger partial charge in [0.05, 0.1) is 5.69 Å². The van der Waals surface area contributed by atoms with E-state index in [0.29, 0.717) is 16.2 Å². The highest BCUT2D eigenvalue weighted by molar-refractivity contribution is 9.10. The Balaban J connectivity index is 2.47. The van der Waals surface area contributed by atoms with E-state index in [4.69, 9.17) is 5.14 Å². The van der Waals surface area contributed by atoms with Crippen LogP contribution in [0.15, 0.2) is 27.6 Å². The second-order valence-corrected chi connectivity index (χ2v) is 5.93. The molecule has 1 fully saturated rings. The Morgan fingerprint density at radius 3 is 2.60 bits per heavy atom. The fourth-order valence-corrected chi connectivity index (χ4v) is 3.18. The number of nitrogens with one attached hydrogen (secondary N) is 1. The molecule has 0 aliphatic heterocycles. The number of rotatable bonds is 3. The van der Waals surface area contributed by atoms with Crippen LogP contribution >= 0.6 is 15.9 Å². The highest BCUT2D eigenvalue weighted by Gasteiger charge is 2.25. The van der Waals surface area contributed by atoms with Crippen molar-refractivity contribution in [3.63, 3.8) is 0 Å². The van der Waals surface area contributed by atoms with Crippen molar-refractivity contribution in [2.75, 3.05) is 5.32 Å². The molecule has 6 heteroatoms. The Morgan fingerprint density at radius 2 is 2.07 bits per heavy atom. The van der Waals surface area contributed by atoms with E-state index in [1.54, 1.807) is 18.2 Å². The first kappa shape index (κ1) is 10.9. The number of sulfonamides is 1. The molecule has 1 aliphatic rings. The molecule has 1 aromatic rings. The Kier molecular flexibility index (Phi) is 2.74. The van der Waals surface area contributed by atoms with Crippen LogP contribution < -0.4 is 10.5 Å². The molecule has 0 radical (unpaired) electrons. The summed E-state index contributed by atoms with van der Waals surface area (Å²) < 4.78 is 23.3. The van der Waals surface area contributed by atoms with E-state index in [-0.39, 0.29) is 4.90 Å². The van der Waals surface area contributed by atoms with Crippen LogP contribution in [0.25, 0.3) is 0 Å². The minimum Gasteiger partial charge on any atom is -0.381 e. The molecule has 0 spiro atoms. The lowest BCUT2D eigenvalue weighted by molar-refractivity contribution is 0.597. The molecule has 3 N–H and O–H groups in total. The zero-order valence-electron chi connectivity index (χ0n) is 7.90. The van der Waals surface area contributed by atoms with E-state index in [1.165, 1.54) is 0 Å². The van der Waals surface area contributed by atoms with Gasteiger partial charge < -0.3 is 5.32 Å². The van der Waals surface area contributed by atoms with Crippen molar-refractivity contribution in [3.05, 3.63) is 22.7 Å². The van der Waals surface area contributed by atoms with Crippen LogP contribution in [-0.4, -0.2) is 14.5 Å².